The molecule has 1 aliphatic carbocycles. The lowest BCUT2D eigenvalue weighted by Gasteiger charge is -2.33. The molecule has 1 atom stereocenters. The van der Waals surface area contributed by atoms with Crippen molar-refractivity contribution in [3.05, 3.63) is 35.4 Å². The van der Waals surface area contributed by atoms with E-state index < -0.39 is 0 Å². The predicted octanol–water partition coefficient (Wildman–Crippen LogP) is 4.89. The standard InChI is InChI=1S/C18H28O/c1-4-18(11-5-6-12-18)17(19)16-9-7-15(8-10-16)13-14(2)3/h7-10,14,17,19H,4-6,11-13H2,1-3H3. The summed E-state index contributed by atoms with van der Waals surface area (Å²) in [4.78, 5) is 0. The molecule has 0 bridgehead atoms. The molecule has 1 unspecified atom stereocenters. The molecule has 1 saturated carbocycles. The molecule has 1 N–H and O–H groups in total. The molecule has 1 aliphatic rings. The monoisotopic (exact) mass is 260 g/mol. The fraction of sp³-hybridized carbons (Fsp3) is 0.667. The molecule has 0 spiro atoms. The first kappa shape index (κ1) is 14.6. The fourth-order valence-corrected chi connectivity index (χ4v) is 3.56. The molecule has 0 amide bonds. The van der Waals surface area contributed by atoms with Crippen molar-refractivity contribution in [3.63, 3.8) is 0 Å². The summed E-state index contributed by atoms with van der Waals surface area (Å²) in [7, 11) is 0. The van der Waals surface area contributed by atoms with Crippen molar-refractivity contribution < 1.29 is 5.11 Å². The second-order valence-corrected chi connectivity index (χ2v) is 6.67. The van der Waals surface area contributed by atoms with Crippen LogP contribution in [0.1, 0.15) is 70.1 Å². The molecule has 1 heteroatoms. The maximum Gasteiger partial charge on any atom is 0.0846 e. The fourth-order valence-electron chi connectivity index (χ4n) is 3.56. The largest absolute Gasteiger partial charge is 0.388 e. The van der Waals surface area contributed by atoms with E-state index in [0.29, 0.717) is 5.92 Å². The maximum atomic E-state index is 10.7. The molecule has 1 fully saturated rings. The van der Waals surface area contributed by atoms with Gasteiger partial charge >= 0.3 is 0 Å². The van der Waals surface area contributed by atoms with Crippen LogP contribution in [0, 0.1) is 11.3 Å². The molecular weight excluding hydrogens is 232 g/mol. The third-order valence-electron chi connectivity index (χ3n) is 4.82. The van der Waals surface area contributed by atoms with Crippen LogP contribution in [0.25, 0.3) is 0 Å². The maximum absolute atomic E-state index is 10.7. The molecule has 19 heavy (non-hydrogen) atoms. The molecule has 0 aromatic heterocycles. The van der Waals surface area contributed by atoms with Gasteiger partial charge in [-0.1, -0.05) is 57.9 Å². The zero-order valence-electron chi connectivity index (χ0n) is 12.7. The molecule has 106 valence electrons. The Bertz CT molecular complexity index is 385. The van der Waals surface area contributed by atoms with Crippen LogP contribution < -0.4 is 0 Å². The van der Waals surface area contributed by atoms with E-state index in [0.717, 1.165) is 18.4 Å². The molecule has 0 saturated heterocycles. The van der Waals surface area contributed by atoms with Gasteiger partial charge in [0.2, 0.25) is 0 Å². The summed E-state index contributed by atoms with van der Waals surface area (Å²) < 4.78 is 0. The van der Waals surface area contributed by atoms with E-state index in [1.54, 1.807) is 0 Å². The first-order chi connectivity index (χ1) is 9.07. The van der Waals surface area contributed by atoms with E-state index in [1.807, 2.05) is 0 Å². The minimum atomic E-state index is -0.284. The summed E-state index contributed by atoms with van der Waals surface area (Å²) in [6.07, 6.45) is 6.83. The Morgan fingerprint density at radius 1 is 1.11 bits per heavy atom. The first-order valence-electron chi connectivity index (χ1n) is 7.84. The molecule has 1 nitrogen and oxygen atoms in total. The van der Waals surface area contributed by atoms with Gasteiger partial charge in [0.05, 0.1) is 6.10 Å². The summed E-state index contributed by atoms with van der Waals surface area (Å²) in [5, 5.41) is 10.7. The van der Waals surface area contributed by atoms with Crippen LogP contribution >= 0.6 is 0 Å². The number of rotatable bonds is 5. The normalized spacial score (nSPS) is 19.8. The van der Waals surface area contributed by atoms with Gasteiger partial charge in [0.15, 0.2) is 0 Å². The van der Waals surface area contributed by atoms with Crippen LogP contribution in [-0.2, 0) is 6.42 Å². The van der Waals surface area contributed by atoms with E-state index in [4.69, 9.17) is 0 Å². The zero-order chi connectivity index (χ0) is 13.9. The molecule has 2 rings (SSSR count). The average molecular weight is 260 g/mol. The van der Waals surface area contributed by atoms with E-state index in [-0.39, 0.29) is 11.5 Å². The van der Waals surface area contributed by atoms with Crippen molar-refractivity contribution in [2.45, 2.75) is 65.4 Å². The average Bonchev–Trinajstić information content (AvgIpc) is 2.88. The van der Waals surface area contributed by atoms with Gasteiger partial charge in [0.1, 0.15) is 0 Å². The minimum Gasteiger partial charge on any atom is -0.388 e. The van der Waals surface area contributed by atoms with Gasteiger partial charge in [0.25, 0.3) is 0 Å². The Morgan fingerprint density at radius 3 is 2.16 bits per heavy atom. The quantitative estimate of drug-likeness (QED) is 0.799. The summed E-state index contributed by atoms with van der Waals surface area (Å²) >= 11 is 0. The highest BCUT2D eigenvalue weighted by atomic mass is 16.3. The Morgan fingerprint density at radius 2 is 1.68 bits per heavy atom. The van der Waals surface area contributed by atoms with Crippen molar-refractivity contribution in [2.24, 2.45) is 11.3 Å². The molecule has 1 aromatic carbocycles. The van der Waals surface area contributed by atoms with Gasteiger partial charge in [0, 0.05) is 5.41 Å². The topological polar surface area (TPSA) is 20.2 Å². The number of hydrogen-bond donors (Lipinski definition) is 1. The van der Waals surface area contributed by atoms with E-state index in [1.165, 1.54) is 31.2 Å². The summed E-state index contributed by atoms with van der Waals surface area (Å²) in [5.41, 5.74) is 2.62. The molecule has 0 radical (unpaired) electrons. The number of benzene rings is 1. The van der Waals surface area contributed by atoms with E-state index in [2.05, 4.69) is 45.0 Å². The lowest BCUT2D eigenvalue weighted by atomic mass is 9.75. The number of hydrogen-bond acceptors (Lipinski definition) is 1. The highest BCUT2D eigenvalue weighted by Crippen LogP contribution is 2.49. The lowest BCUT2D eigenvalue weighted by Crippen LogP contribution is -2.25. The van der Waals surface area contributed by atoms with Crippen molar-refractivity contribution in [1.29, 1.82) is 0 Å². The van der Waals surface area contributed by atoms with Gasteiger partial charge < -0.3 is 5.11 Å². The van der Waals surface area contributed by atoms with Crippen molar-refractivity contribution in [2.75, 3.05) is 0 Å². The number of aliphatic hydroxyl groups is 1. The molecule has 0 heterocycles. The van der Waals surface area contributed by atoms with Crippen LogP contribution in [0.2, 0.25) is 0 Å². The smallest absolute Gasteiger partial charge is 0.0846 e. The summed E-state index contributed by atoms with van der Waals surface area (Å²) in [6.45, 7) is 6.71. The Balaban J connectivity index is 2.12. The van der Waals surface area contributed by atoms with Crippen LogP contribution in [0.5, 0.6) is 0 Å². The summed E-state index contributed by atoms with van der Waals surface area (Å²) in [5.74, 6) is 0.688. The van der Waals surface area contributed by atoms with Crippen molar-refractivity contribution in [1.82, 2.24) is 0 Å². The first-order valence-corrected chi connectivity index (χ1v) is 7.84. The highest BCUT2D eigenvalue weighted by molar-refractivity contribution is 5.26. The molecule has 0 aliphatic heterocycles. The Kier molecular flexibility index (Phi) is 4.67. The minimum absolute atomic E-state index is 0.138. The van der Waals surface area contributed by atoms with Gasteiger partial charge in [-0.15, -0.1) is 0 Å². The van der Waals surface area contributed by atoms with Crippen LogP contribution in [0.15, 0.2) is 24.3 Å². The van der Waals surface area contributed by atoms with Crippen molar-refractivity contribution in [3.8, 4) is 0 Å². The Labute approximate surface area is 118 Å². The van der Waals surface area contributed by atoms with Gasteiger partial charge in [-0.25, -0.2) is 0 Å². The van der Waals surface area contributed by atoms with Crippen LogP contribution in [0.4, 0.5) is 0 Å². The highest BCUT2D eigenvalue weighted by Gasteiger charge is 2.39. The van der Waals surface area contributed by atoms with E-state index in [9.17, 15) is 5.11 Å². The van der Waals surface area contributed by atoms with Crippen LogP contribution in [0.3, 0.4) is 0 Å². The second kappa shape index (κ2) is 6.09. The third kappa shape index (κ3) is 3.20. The predicted molar refractivity (Wildman–Crippen MR) is 81.1 cm³/mol. The second-order valence-electron chi connectivity index (χ2n) is 6.67. The molecular formula is C18H28O. The van der Waals surface area contributed by atoms with Crippen molar-refractivity contribution >= 4 is 0 Å². The van der Waals surface area contributed by atoms with Gasteiger partial charge in [-0.05, 0) is 42.7 Å². The third-order valence-corrected chi connectivity index (χ3v) is 4.82. The SMILES string of the molecule is CCC1(C(O)c2ccc(CC(C)C)cc2)CCCC1. The Hall–Kier alpha value is -0.820. The number of aliphatic hydroxyl groups excluding tert-OH is 1. The summed E-state index contributed by atoms with van der Waals surface area (Å²) in [6, 6.07) is 8.66. The molecule has 1 aromatic rings. The zero-order valence-corrected chi connectivity index (χ0v) is 12.7. The lowest BCUT2D eigenvalue weighted by molar-refractivity contribution is 0.0237. The van der Waals surface area contributed by atoms with Crippen LogP contribution in [-0.4, -0.2) is 5.11 Å². The van der Waals surface area contributed by atoms with E-state index >= 15 is 0 Å². The van der Waals surface area contributed by atoms with Gasteiger partial charge in [-0.2, -0.15) is 0 Å². The van der Waals surface area contributed by atoms with Gasteiger partial charge in [-0.3, -0.25) is 0 Å².